The molecule has 5 nitrogen and oxygen atoms in total. The van der Waals surface area contributed by atoms with Crippen molar-refractivity contribution in [2.75, 3.05) is 0 Å². The van der Waals surface area contributed by atoms with Crippen LogP contribution in [-0.2, 0) is 14.8 Å². The van der Waals surface area contributed by atoms with Crippen LogP contribution in [0.1, 0.15) is 27.2 Å². The number of carbonyl (C=O) groups excluding carboxylic acids is 1. The molecule has 0 spiro atoms. The fourth-order valence-electron chi connectivity index (χ4n) is 1.32. The zero-order chi connectivity index (χ0) is 15.3. The van der Waals surface area contributed by atoms with Crippen molar-refractivity contribution in [2.45, 2.75) is 38.1 Å². The smallest absolute Gasteiger partial charge is 0.338 e. The standard InChI is InChI=1S/C14H19NO4S/c1-5-11(4)15-20(17,18)13-8-6-7-12(9-13)19-14(16)10(2)3/h6-9,11,15H,2,5H2,1,3-4H3. The van der Waals surface area contributed by atoms with Crippen molar-refractivity contribution in [3.8, 4) is 5.75 Å². The Morgan fingerprint density at radius 1 is 1.45 bits per heavy atom. The van der Waals surface area contributed by atoms with Gasteiger partial charge in [0.15, 0.2) is 0 Å². The quantitative estimate of drug-likeness (QED) is 0.496. The number of sulfonamides is 1. The van der Waals surface area contributed by atoms with Gasteiger partial charge < -0.3 is 4.74 Å². The van der Waals surface area contributed by atoms with E-state index in [9.17, 15) is 13.2 Å². The Labute approximate surface area is 119 Å². The molecule has 1 aromatic rings. The Balaban J connectivity index is 2.98. The van der Waals surface area contributed by atoms with E-state index in [2.05, 4.69) is 11.3 Å². The van der Waals surface area contributed by atoms with Gasteiger partial charge in [-0.05, 0) is 32.4 Å². The van der Waals surface area contributed by atoms with Crippen molar-refractivity contribution in [1.29, 1.82) is 0 Å². The molecule has 1 rings (SSSR count). The number of hydrogen-bond acceptors (Lipinski definition) is 4. The van der Waals surface area contributed by atoms with E-state index in [4.69, 9.17) is 4.74 Å². The summed E-state index contributed by atoms with van der Waals surface area (Å²) in [5, 5.41) is 0. The molecule has 0 aliphatic rings. The van der Waals surface area contributed by atoms with E-state index in [1.807, 2.05) is 6.92 Å². The summed E-state index contributed by atoms with van der Waals surface area (Å²) in [4.78, 5) is 11.5. The van der Waals surface area contributed by atoms with E-state index in [0.717, 1.165) is 0 Å². The molecule has 0 saturated carbocycles. The lowest BCUT2D eigenvalue weighted by Gasteiger charge is -2.12. The number of nitrogens with one attached hydrogen (secondary N) is 1. The number of ether oxygens (including phenoxy) is 1. The third-order valence-corrected chi connectivity index (χ3v) is 4.23. The highest BCUT2D eigenvalue weighted by molar-refractivity contribution is 7.89. The third kappa shape index (κ3) is 4.47. The summed E-state index contributed by atoms with van der Waals surface area (Å²) in [5.41, 5.74) is 0.246. The predicted molar refractivity (Wildman–Crippen MR) is 77.0 cm³/mol. The van der Waals surface area contributed by atoms with Crippen LogP contribution in [0, 0.1) is 0 Å². The molecule has 0 amide bonds. The van der Waals surface area contributed by atoms with Crippen LogP contribution in [0.5, 0.6) is 5.75 Å². The normalized spacial score (nSPS) is 12.8. The van der Waals surface area contributed by atoms with Crippen LogP contribution in [0.3, 0.4) is 0 Å². The zero-order valence-electron chi connectivity index (χ0n) is 11.8. The average molecular weight is 297 g/mol. The summed E-state index contributed by atoms with van der Waals surface area (Å²) in [6, 6.07) is 5.63. The van der Waals surface area contributed by atoms with E-state index < -0.39 is 16.0 Å². The van der Waals surface area contributed by atoms with Gasteiger partial charge in [0.25, 0.3) is 0 Å². The first kappa shape index (κ1) is 16.4. The molecule has 0 bridgehead atoms. The fraction of sp³-hybridized carbons (Fsp3) is 0.357. The minimum atomic E-state index is -3.61. The minimum Gasteiger partial charge on any atom is -0.423 e. The molecule has 1 N–H and O–H groups in total. The number of rotatable bonds is 6. The van der Waals surface area contributed by atoms with Crippen LogP contribution in [-0.4, -0.2) is 20.4 Å². The lowest BCUT2D eigenvalue weighted by molar-refractivity contribution is -0.130. The number of benzene rings is 1. The molecule has 0 saturated heterocycles. The molecular weight excluding hydrogens is 278 g/mol. The molecule has 20 heavy (non-hydrogen) atoms. The summed E-state index contributed by atoms with van der Waals surface area (Å²) in [6.45, 7) is 8.66. The first-order chi connectivity index (χ1) is 9.26. The topological polar surface area (TPSA) is 72.5 Å². The van der Waals surface area contributed by atoms with E-state index in [-0.39, 0.29) is 22.3 Å². The largest absolute Gasteiger partial charge is 0.423 e. The fourth-order valence-corrected chi connectivity index (χ4v) is 2.68. The van der Waals surface area contributed by atoms with Crippen molar-refractivity contribution in [2.24, 2.45) is 0 Å². The van der Waals surface area contributed by atoms with Crippen molar-refractivity contribution in [3.05, 3.63) is 36.4 Å². The number of hydrogen-bond donors (Lipinski definition) is 1. The molecule has 1 aromatic carbocycles. The second-order valence-corrected chi connectivity index (χ2v) is 6.29. The lowest BCUT2D eigenvalue weighted by atomic mass is 10.3. The summed E-state index contributed by atoms with van der Waals surface area (Å²) >= 11 is 0. The van der Waals surface area contributed by atoms with Crippen LogP contribution in [0.4, 0.5) is 0 Å². The number of carbonyl (C=O) groups is 1. The second kappa shape index (κ2) is 6.67. The van der Waals surface area contributed by atoms with Gasteiger partial charge in [-0.2, -0.15) is 0 Å². The second-order valence-electron chi connectivity index (χ2n) is 4.58. The van der Waals surface area contributed by atoms with Gasteiger partial charge >= 0.3 is 5.97 Å². The van der Waals surface area contributed by atoms with E-state index in [1.54, 1.807) is 6.92 Å². The Kier molecular flexibility index (Phi) is 5.47. The zero-order valence-corrected chi connectivity index (χ0v) is 12.7. The van der Waals surface area contributed by atoms with E-state index in [0.29, 0.717) is 6.42 Å². The Bertz CT molecular complexity index is 607. The molecule has 0 aromatic heterocycles. The Hall–Kier alpha value is -1.66. The van der Waals surface area contributed by atoms with Crippen molar-refractivity contribution in [3.63, 3.8) is 0 Å². The molecule has 6 heteroatoms. The first-order valence-corrected chi connectivity index (χ1v) is 7.74. The van der Waals surface area contributed by atoms with Crippen LogP contribution >= 0.6 is 0 Å². The van der Waals surface area contributed by atoms with Gasteiger partial charge in [0.05, 0.1) is 4.90 Å². The maximum Gasteiger partial charge on any atom is 0.338 e. The lowest BCUT2D eigenvalue weighted by Crippen LogP contribution is -2.32. The van der Waals surface area contributed by atoms with Crippen LogP contribution in [0.2, 0.25) is 0 Å². The molecule has 1 unspecified atom stereocenters. The van der Waals surface area contributed by atoms with Crippen molar-refractivity contribution in [1.82, 2.24) is 4.72 Å². The van der Waals surface area contributed by atoms with Gasteiger partial charge in [-0.25, -0.2) is 17.9 Å². The van der Waals surface area contributed by atoms with Gasteiger partial charge in [0.1, 0.15) is 5.75 Å². The Morgan fingerprint density at radius 3 is 2.65 bits per heavy atom. The van der Waals surface area contributed by atoms with Crippen LogP contribution in [0.25, 0.3) is 0 Å². The maximum atomic E-state index is 12.1. The summed E-state index contributed by atoms with van der Waals surface area (Å²) < 4.78 is 31.8. The van der Waals surface area contributed by atoms with E-state index >= 15 is 0 Å². The highest BCUT2D eigenvalue weighted by Gasteiger charge is 2.17. The van der Waals surface area contributed by atoms with Gasteiger partial charge in [0.2, 0.25) is 10.0 Å². The third-order valence-electron chi connectivity index (χ3n) is 2.64. The Morgan fingerprint density at radius 2 is 2.10 bits per heavy atom. The van der Waals surface area contributed by atoms with Crippen molar-refractivity contribution >= 4 is 16.0 Å². The molecule has 0 heterocycles. The SMILES string of the molecule is C=C(C)C(=O)Oc1cccc(S(=O)(=O)NC(C)CC)c1. The minimum absolute atomic E-state index is 0.0600. The highest BCUT2D eigenvalue weighted by atomic mass is 32.2. The molecule has 0 aliphatic heterocycles. The van der Waals surface area contributed by atoms with Gasteiger partial charge in [-0.1, -0.05) is 19.6 Å². The summed E-state index contributed by atoms with van der Waals surface area (Å²) in [7, 11) is -3.61. The van der Waals surface area contributed by atoms with Crippen molar-refractivity contribution < 1.29 is 17.9 Å². The van der Waals surface area contributed by atoms with Crippen LogP contribution in [0.15, 0.2) is 41.3 Å². The maximum absolute atomic E-state index is 12.1. The molecule has 0 fully saturated rings. The van der Waals surface area contributed by atoms with E-state index in [1.165, 1.54) is 31.2 Å². The summed E-state index contributed by atoms with van der Waals surface area (Å²) in [5.74, 6) is -0.417. The predicted octanol–water partition coefficient (Wildman–Crippen LogP) is 2.24. The highest BCUT2D eigenvalue weighted by Crippen LogP contribution is 2.18. The average Bonchev–Trinajstić information content (AvgIpc) is 2.38. The number of esters is 1. The van der Waals surface area contributed by atoms with Gasteiger partial charge in [-0.3, -0.25) is 0 Å². The summed E-state index contributed by atoms with van der Waals surface area (Å²) in [6.07, 6.45) is 0.684. The van der Waals surface area contributed by atoms with Crippen LogP contribution < -0.4 is 9.46 Å². The monoisotopic (exact) mass is 297 g/mol. The molecule has 110 valence electrons. The first-order valence-electron chi connectivity index (χ1n) is 6.26. The van der Waals surface area contributed by atoms with Gasteiger partial charge in [-0.15, -0.1) is 0 Å². The molecule has 0 aliphatic carbocycles. The molecule has 0 radical (unpaired) electrons. The molecule has 1 atom stereocenters. The van der Waals surface area contributed by atoms with Gasteiger partial charge in [0, 0.05) is 17.7 Å². The molecular formula is C14H19NO4S.